The fourth-order valence-corrected chi connectivity index (χ4v) is 1.74. The van der Waals surface area contributed by atoms with Crippen LogP contribution in [0.3, 0.4) is 0 Å². The molecule has 2 unspecified atom stereocenters. The molecule has 1 aliphatic rings. The van der Waals surface area contributed by atoms with Gasteiger partial charge in [0.25, 0.3) is 0 Å². The highest BCUT2D eigenvalue weighted by Gasteiger charge is 2.24. The summed E-state index contributed by atoms with van der Waals surface area (Å²) in [6, 6.07) is 0.834. The van der Waals surface area contributed by atoms with E-state index in [2.05, 4.69) is 26.1 Å². The van der Waals surface area contributed by atoms with E-state index in [-0.39, 0.29) is 12.6 Å². The molecule has 1 aliphatic carbocycles. The molecule has 2 heteroatoms. The predicted molar refractivity (Wildman–Crippen MR) is 55.7 cm³/mol. The van der Waals surface area contributed by atoms with Crippen LogP contribution in [-0.4, -0.2) is 23.8 Å². The van der Waals surface area contributed by atoms with Crippen molar-refractivity contribution in [3.05, 3.63) is 0 Å². The average molecular weight is 185 g/mol. The second-order valence-electron chi connectivity index (χ2n) is 4.78. The van der Waals surface area contributed by atoms with E-state index in [1.165, 1.54) is 19.3 Å². The molecule has 0 aromatic rings. The third kappa shape index (κ3) is 4.10. The first-order valence-corrected chi connectivity index (χ1v) is 5.50. The summed E-state index contributed by atoms with van der Waals surface area (Å²) in [4.78, 5) is 0. The molecule has 1 rings (SSSR count). The van der Waals surface area contributed by atoms with Crippen molar-refractivity contribution in [1.29, 1.82) is 0 Å². The van der Waals surface area contributed by atoms with Crippen molar-refractivity contribution in [2.24, 2.45) is 11.8 Å². The Morgan fingerprint density at radius 1 is 1.31 bits per heavy atom. The minimum atomic E-state index is 0.257. The van der Waals surface area contributed by atoms with Crippen LogP contribution in [0.4, 0.5) is 0 Å². The van der Waals surface area contributed by atoms with E-state index in [9.17, 15) is 0 Å². The second-order valence-corrected chi connectivity index (χ2v) is 4.78. The van der Waals surface area contributed by atoms with Gasteiger partial charge < -0.3 is 10.4 Å². The summed E-state index contributed by atoms with van der Waals surface area (Å²) in [6.45, 7) is 6.78. The largest absolute Gasteiger partial charge is 0.395 e. The quantitative estimate of drug-likeness (QED) is 0.661. The number of hydrogen-bond acceptors (Lipinski definition) is 2. The molecule has 13 heavy (non-hydrogen) atoms. The van der Waals surface area contributed by atoms with Crippen molar-refractivity contribution in [1.82, 2.24) is 5.32 Å². The third-order valence-electron chi connectivity index (χ3n) is 2.88. The highest BCUT2D eigenvalue weighted by molar-refractivity contribution is 4.80. The van der Waals surface area contributed by atoms with Crippen molar-refractivity contribution >= 4 is 0 Å². The zero-order chi connectivity index (χ0) is 9.84. The molecule has 0 aliphatic heterocycles. The molecule has 1 saturated carbocycles. The summed E-state index contributed by atoms with van der Waals surface area (Å²) < 4.78 is 0. The molecule has 0 aromatic carbocycles. The lowest BCUT2D eigenvalue weighted by Crippen LogP contribution is -2.42. The van der Waals surface area contributed by atoms with Gasteiger partial charge >= 0.3 is 0 Å². The summed E-state index contributed by atoms with van der Waals surface area (Å²) in [6.07, 6.45) is 4.11. The Kier molecular flexibility index (Phi) is 4.20. The highest BCUT2D eigenvalue weighted by atomic mass is 16.3. The van der Waals surface area contributed by atoms with Crippen LogP contribution in [-0.2, 0) is 0 Å². The first-order chi connectivity index (χ1) is 6.13. The molecule has 78 valence electrons. The van der Waals surface area contributed by atoms with Crippen molar-refractivity contribution in [3.63, 3.8) is 0 Å². The Hall–Kier alpha value is -0.0800. The number of aliphatic hydroxyl groups excluding tert-OH is 1. The Bertz CT molecular complexity index is 143. The van der Waals surface area contributed by atoms with Crippen LogP contribution >= 0.6 is 0 Å². The van der Waals surface area contributed by atoms with E-state index in [0.717, 1.165) is 5.92 Å². The number of aliphatic hydroxyl groups is 1. The van der Waals surface area contributed by atoms with E-state index in [1.54, 1.807) is 0 Å². The Morgan fingerprint density at radius 3 is 2.31 bits per heavy atom. The molecule has 2 atom stereocenters. The van der Waals surface area contributed by atoms with Gasteiger partial charge in [-0.2, -0.15) is 0 Å². The topological polar surface area (TPSA) is 32.3 Å². The maximum atomic E-state index is 9.13. The van der Waals surface area contributed by atoms with Gasteiger partial charge in [-0.25, -0.2) is 0 Å². The molecule has 0 amide bonds. The summed E-state index contributed by atoms with van der Waals surface area (Å²) in [5.74, 6) is 1.49. The molecule has 0 heterocycles. The van der Waals surface area contributed by atoms with Gasteiger partial charge in [0.15, 0.2) is 0 Å². The molecular formula is C11H23NO. The van der Waals surface area contributed by atoms with Crippen molar-refractivity contribution in [2.75, 3.05) is 6.61 Å². The summed E-state index contributed by atoms with van der Waals surface area (Å²) in [5.41, 5.74) is 0. The van der Waals surface area contributed by atoms with Crippen LogP contribution < -0.4 is 5.32 Å². The van der Waals surface area contributed by atoms with E-state index >= 15 is 0 Å². The number of nitrogens with one attached hydrogen (secondary N) is 1. The third-order valence-corrected chi connectivity index (χ3v) is 2.88. The van der Waals surface area contributed by atoms with E-state index in [0.29, 0.717) is 12.0 Å². The monoisotopic (exact) mass is 185 g/mol. The lowest BCUT2D eigenvalue weighted by molar-refractivity contribution is 0.198. The predicted octanol–water partition coefficient (Wildman–Crippen LogP) is 1.78. The number of rotatable bonds is 6. The zero-order valence-electron chi connectivity index (χ0n) is 9.09. The standard InChI is InChI=1S/C11H23NO/c1-8(2)11(7-13)12-9(3)6-10-4-5-10/h8-13H,4-7H2,1-3H3. The minimum Gasteiger partial charge on any atom is -0.395 e. The van der Waals surface area contributed by atoms with Crippen LogP contribution in [0.1, 0.15) is 40.0 Å². The lowest BCUT2D eigenvalue weighted by Gasteiger charge is -2.24. The first-order valence-electron chi connectivity index (χ1n) is 5.50. The second kappa shape index (κ2) is 4.97. The van der Waals surface area contributed by atoms with Crippen LogP contribution in [0.25, 0.3) is 0 Å². The summed E-state index contributed by atoms with van der Waals surface area (Å²) in [5, 5.41) is 12.6. The van der Waals surface area contributed by atoms with Crippen molar-refractivity contribution in [3.8, 4) is 0 Å². The van der Waals surface area contributed by atoms with Gasteiger partial charge in [0, 0.05) is 12.1 Å². The van der Waals surface area contributed by atoms with E-state index in [4.69, 9.17) is 5.11 Å². The van der Waals surface area contributed by atoms with Gasteiger partial charge in [0.05, 0.1) is 6.61 Å². The molecule has 0 radical (unpaired) electrons. The Labute approximate surface area is 81.7 Å². The Balaban J connectivity index is 2.18. The molecule has 2 N–H and O–H groups in total. The van der Waals surface area contributed by atoms with Crippen molar-refractivity contribution < 1.29 is 5.11 Å². The van der Waals surface area contributed by atoms with Gasteiger partial charge in [0.2, 0.25) is 0 Å². The lowest BCUT2D eigenvalue weighted by atomic mass is 10.0. The SMILES string of the molecule is CC(CC1CC1)NC(CO)C(C)C. The molecule has 1 fully saturated rings. The summed E-state index contributed by atoms with van der Waals surface area (Å²) in [7, 11) is 0. The first kappa shape index (κ1) is 11.0. The van der Waals surface area contributed by atoms with Crippen LogP contribution in [0.5, 0.6) is 0 Å². The highest BCUT2D eigenvalue weighted by Crippen LogP contribution is 2.33. The van der Waals surface area contributed by atoms with Gasteiger partial charge in [-0.1, -0.05) is 26.7 Å². The average Bonchev–Trinajstić information content (AvgIpc) is 2.83. The normalized spacial score (nSPS) is 21.9. The van der Waals surface area contributed by atoms with Crippen LogP contribution in [0.2, 0.25) is 0 Å². The van der Waals surface area contributed by atoms with Gasteiger partial charge in [-0.05, 0) is 25.2 Å². The zero-order valence-corrected chi connectivity index (χ0v) is 9.09. The van der Waals surface area contributed by atoms with Crippen LogP contribution in [0.15, 0.2) is 0 Å². The smallest absolute Gasteiger partial charge is 0.0587 e. The Morgan fingerprint density at radius 2 is 1.92 bits per heavy atom. The summed E-state index contributed by atoms with van der Waals surface area (Å²) >= 11 is 0. The van der Waals surface area contributed by atoms with Gasteiger partial charge in [0.1, 0.15) is 0 Å². The van der Waals surface area contributed by atoms with Crippen LogP contribution in [0, 0.1) is 11.8 Å². The maximum absolute atomic E-state index is 9.13. The molecular weight excluding hydrogens is 162 g/mol. The fraction of sp³-hybridized carbons (Fsp3) is 1.00. The number of hydrogen-bond donors (Lipinski definition) is 2. The fourth-order valence-electron chi connectivity index (χ4n) is 1.74. The molecule has 0 saturated heterocycles. The molecule has 0 spiro atoms. The van der Waals surface area contributed by atoms with E-state index < -0.39 is 0 Å². The molecule has 0 aromatic heterocycles. The van der Waals surface area contributed by atoms with Gasteiger partial charge in [-0.15, -0.1) is 0 Å². The maximum Gasteiger partial charge on any atom is 0.0587 e. The van der Waals surface area contributed by atoms with Crippen molar-refractivity contribution in [2.45, 2.75) is 52.1 Å². The molecule has 0 bridgehead atoms. The van der Waals surface area contributed by atoms with Gasteiger partial charge in [-0.3, -0.25) is 0 Å². The van der Waals surface area contributed by atoms with E-state index in [1.807, 2.05) is 0 Å². The molecule has 2 nitrogen and oxygen atoms in total. The minimum absolute atomic E-state index is 0.257.